The van der Waals surface area contributed by atoms with Crippen LogP contribution >= 0.6 is 0 Å². The fourth-order valence-electron chi connectivity index (χ4n) is 3.87. The molecule has 2 fully saturated rings. The summed E-state index contributed by atoms with van der Waals surface area (Å²) in [5, 5.41) is 19.1. The van der Waals surface area contributed by atoms with Gasteiger partial charge in [0, 0.05) is 10.8 Å². The van der Waals surface area contributed by atoms with E-state index in [2.05, 4.69) is 12.1 Å². The lowest BCUT2D eigenvalue weighted by atomic mass is 9.42. The normalized spacial score (nSPS) is 27.1. The Kier molecular flexibility index (Phi) is 2.68. The summed E-state index contributed by atoms with van der Waals surface area (Å²) in [4.78, 5) is 0. The molecule has 2 aliphatic rings. The Morgan fingerprint density at radius 1 is 1.15 bits per heavy atom. The van der Waals surface area contributed by atoms with Crippen molar-refractivity contribution in [1.29, 1.82) is 10.5 Å². The number of benzene rings is 1. The van der Waals surface area contributed by atoms with Crippen molar-refractivity contribution in [2.45, 2.75) is 39.4 Å². The Morgan fingerprint density at radius 3 is 2.25 bits per heavy atom. The molecule has 1 aromatic rings. The molecule has 0 N–H and O–H groups in total. The Bertz CT molecular complexity index is 588. The molecule has 0 bridgehead atoms. The van der Waals surface area contributed by atoms with E-state index in [1.54, 1.807) is 0 Å². The molecule has 1 unspecified atom stereocenters. The fraction of sp³-hybridized carbons (Fsp3) is 0.529. The standard InChI is InChI=1S/C17H18N2O/c1-15(2)16(8-9-16)14(17(15,11-18)12-19)20-10-13-6-4-3-5-7-13/h3-7,14H,8-10H2,1-2H3. The van der Waals surface area contributed by atoms with Crippen molar-refractivity contribution in [3.63, 3.8) is 0 Å². The van der Waals surface area contributed by atoms with E-state index in [4.69, 9.17) is 4.74 Å². The summed E-state index contributed by atoms with van der Waals surface area (Å²) >= 11 is 0. The number of ether oxygens (including phenoxy) is 1. The number of nitrogens with zero attached hydrogens (tertiary/aromatic N) is 2. The minimum absolute atomic E-state index is 0.0350. The molecule has 0 amide bonds. The van der Waals surface area contributed by atoms with E-state index < -0.39 is 5.41 Å². The van der Waals surface area contributed by atoms with Crippen molar-refractivity contribution in [2.24, 2.45) is 16.2 Å². The van der Waals surface area contributed by atoms with Crippen LogP contribution in [0.25, 0.3) is 0 Å². The topological polar surface area (TPSA) is 56.8 Å². The highest BCUT2D eigenvalue weighted by Crippen LogP contribution is 2.79. The first-order valence-electron chi connectivity index (χ1n) is 7.02. The molecular weight excluding hydrogens is 248 g/mol. The fourth-order valence-corrected chi connectivity index (χ4v) is 3.87. The molecule has 102 valence electrons. The highest BCUT2D eigenvalue weighted by Gasteiger charge is 2.82. The van der Waals surface area contributed by atoms with Gasteiger partial charge in [-0.25, -0.2) is 0 Å². The van der Waals surface area contributed by atoms with Crippen molar-refractivity contribution in [1.82, 2.24) is 0 Å². The molecule has 1 spiro atoms. The second-order valence-electron chi connectivity index (χ2n) is 6.49. The first-order chi connectivity index (χ1) is 9.54. The second kappa shape index (κ2) is 4.08. The molecule has 0 heterocycles. The lowest BCUT2D eigenvalue weighted by Gasteiger charge is -2.61. The molecule has 0 saturated heterocycles. The van der Waals surface area contributed by atoms with Crippen LogP contribution in [0.15, 0.2) is 30.3 Å². The highest BCUT2D eigenvalue weighted by atomic mass is 16.5. The zero-order valence-electron chi connectivity index (χ0n) is 11.9. The largest absolute Gasteiger partial charge is 0.370 e. The molecule has 2 saturated carbocycles. The van der Waals surface area contributed by atoms with Crippen LogP contribution in [-0.4, -0.2) is 6.10 Å². The van der Waals surface area contributed by atoms with Gasteiger partial charge in [0.1, 0.15) is 0 Å². The number of rotatable bonds is 3. The van der Waals surface area contributed by atoms with Gasteiger partial charge in [-0.3, -0.25) is 0 Å². The van der Waals surface area contributed by atoms with E-state index in [9.17, 15) is 10.5 Å². The van der Waals surface area contributed by atoms with Gasteiger partial charge in [0.25, 0.3) is 0 Å². The van der Waals surface area contributed by atoms with E-state index >= 15 is 0 Å². The lowest BCUT2D eigenvalue weighted by molar-refractivity contribution is -0.221. The van der Waals surface area contributed by atoms with Gasteiger partial charge in [-0.2, -0.15) is 10.5 Å². The predicted octanol–water partition coefficient (Wildman–Crippen LogP) is 3.43. The molecule has 0 radical (unpaired) electrons. The zero-order chi connectivity index (χ0) is 14.4. The van der Waals surface area contributed by atoms with Crippen LogP contribution in [0.3, 0.4) is 0 Å². The molecule has 1 atom stereocenters. The maximum Gasteiger partial charge on any atom is 0.175 e. The van der Waals surface area contributed by atoms with E-state index in [0.717, 1.165) is 18.4 Å². The maximum atomic E-state index is 9.55. The van der Waals surface area contributed by atoms with Gasteiger partial charge in [0.15, 0.2) is 5.41 Å². The predicted molar refractivity (Wildman–Crippen MR) is 74.1 cm³/mol. The van der Waals surface area contributed by atoms with E-state index in [-0.39, 0.29) is 16.9 Å². The molecule has 1 aromatic carbocycles. The summed E-state index contributed by atoms with van der Waals surface area (Å²) in [6.45, 7) is 4.54. The van der Waals surface area contributed by atoms with Crippen LogP contribution in [0, 0.1) is 38.9 Å². The number of hydrogen-bond donors (Lipinski definition) is 0. The minimum Gasteiger partial charge on any atom is -0.370 e. The third-order valence-electron chi connectivity index (χ3n) is 5.53. The first-order valence-corrected chi connectivity index (χ1v) is 7.02. The van der Waals surface area contributed by atoms with Gasteiger partial charge in [0.05, 0.1) is 24.8 Å². The third kappa shape index (κ3) is 1.37. The van der Waals surface area contributed by atoms with Crippen LogP contribution in [0.2, 0.25) is 0 Å². The van der Waals surface area contributed by atoms with Crippen LogP contribution < -0.4 is 0 Å². The molecule has 0 aliphatic heterocycles. The van der Waals surface area contributed by atoms with Crippen molar-refractivity contribution < 1.29 is 4.74 Å². The van der Waals surface area contributed by atoms with Gasteiger partial charge in [-0.1, -0.05) is 44.2 Å². The Labute approximate surface area is 119 Å². The van der Waals surface area contributed by atoms with Gasteiger partial charge in [-0.05, 0) is 18.4 Å². The minimum atomic E-state index is -1.02. The van der Waals surface area contributed by atoms with Gasteiger partial charge < -0.3 is 4.74 Å². The summed E-state index contributed by atoms with van der Waals surface area (Å²) in [6, 6.07) is 14.4. The molecule has 3 nitrogen and oxygen atoms in total. The molecule has 20 heavy (non-hydrogen) atoms. The summed E-state index contributed by atoms with van der Waals surface area (Å²) < 4.78 is 6.03. The smallest absolute Gasteiger partial charge is 0.175 e. The Morgan fingerprint density at radius 2 is 1.75 bits per heavy atom. The van der Waals surface area contributed by atoms with Gasteiger partial charge in [-0.15, -0.1) is 0 Å². The second-order valence-corrected chi connectivity index (χ2v) is 6.49. The summed E-state index contributed by atoms with van der Waals surface area (Å²) in [5.74, 6) is 0. The Balaban J connectivity index is 1.83. The highest BCUT2D eigenvalue weighted by molar-refractivity contribution is 5.40. The van der Waals surface area contributed by atoms with Crippen molar-refractivity contribution in [2.75, 3.05) is 0 Å². The van der Waals surface area contributed by atoms with Crippen LogP contribution in [0.1, 0.15) is 32.3 Å². The quantitative estimate of drug-likeness (QED) is 0.842. The van der Waals surface area contributed by atoms with Crippen molar-refractivity contribution >= 4 is 0 Å². The van der Waals surface area contributed by atoms with Crippen LogP contribution in [0.5, 0.6) is 0 Å². The van der Waals surface area contributed by atoms with E-state index in [0.29, 0.717) is 6.61 Å². The molecule has 3 heteroatoms. The van der Waals surface area contributed by atoms with Crippen molar-refractivity contribution in [3.05, 3.63) is 35.9 Å². The summed E-state index contributed by atoms with van der Waals surface area (Å²) in [5.41, 5.74) is -0.186. The van der Waals surface area contributed by atoms with Crippen molar-refractivity contribution in [3.8, 4) is 12.1 Å². The van der Waals surface area contributed by atoms with E-state index in [1.165, 1.54) is 0 Å². The number of nitriles is 2. The van der Waals surface area contributed by atoms with Crippen LogP contribution in [-0.2, 0) is 11.3 Å². The summed E-state index contributed by atoms with van der Waals surface area (Å²) in [6.07, 6.45) is 1.86. The Hall–Kier alpha value is -1.84. The monoisotopic (exact) mass is 266 g/mol. The molecular formula is C17H18N2O. The lowest BCUT2D eigenvalue weighted by Crippen LogP contribution is -2.67. The van der Waals surface area contributed by atoms with Crippen LogP contribution in [0.4, 0.5) is 0 Å². The maximum absolute atomic E-state index is 9.55. The zero-order valence-corrected chi connectivity index (χ0v) is 11.9. The average molecular weight is 266 g/mol. The van der Waals surface area contributed by atoms with Gasteiger partial charge >= 0.3 is 0 Å². The SMILES string of the molecule is CC1(C)C(C#N)(C#N)C(OCc2ccccc2)C12CC2. The average Bonchev–Trinajstić information content (AvgIpc) is 3.27. The van der Waals surface area contributed by atoms with E-state index in [1.807, 2.05) is 44.2 Å². The molecule has 0 aromatic heterocycles. The first kappa shape index (κ1) is 13.2. The summed E-state index contributed by atoms with van der Waals surface area (Å²) in [7, 11) is 0. The van der Waals surface area contributed by atoms with Gasteiger partial charge in [0.2, 0.25) is 0 Å². The molecule has 3 rings (SSSR count). The third-order valence-corrected chi connectivity index (χ3v) is 5.53. The molecule has 2 aliphatic carbocycles. The number of hydrogen-bond acceptors (Lipinski definition) is 3.